The molecule has 122 valence electrons. The Morgan fingerprint density at radius 2 is 1.67 bits per heavy atom. The van der Waals surface area contributed by atoms with E-state index in [0.717, 1.165) is 4.90 Å². The highest BCUT2D eigenvalue weighted by atomic mass is 35.5. The Labute approximate surface area is 152 Å². The lowest BCUT2D eigenvalue weighted by Crippen LogP contribution is -2.32. The van der Waals surface area contributed by atoms with E-state index in [1.54, 1.807) is 18.2 Å². The molecule has 0 aliphatic carbocycles. The zero-order valence-electron chi connectivity index (χ0n) is 11.9. The van der Waals surface area contributed by atoms with Gasteiger partial charge in [-0.15, -0.1) is 0 Å². The number of phenolic OH excluding ortho intramolecular Hbond substituents is 1. The second-order valence-electron chi connectivity index (χ2n) is 4.87. The molecule has 24 heavy (non-hydrogen) atoms. The molecule has 2 amide bonds. The van der Waals surface area contributed by atoms with Crippen LogP contribution in [0.3, 0.4) is 0 Å². The molecular weight excluding hydrogens is 375 g/mol. The monoisotopic (exact) mass is 382 g/mol. The summed E-state index contributed by atoms with van der Waals surface area (Å²) in [5.74, 6) is -1.52. The van der Waals surface area contributed by atoms with Gasteiger partial charge in [-0.1, -0.05) is 46.9 Å². The third kappa shape index (κ3) is 2.82. The summed E-state index contributed by atoms with van der Waals surface area (Å²) in [5, 5.41) is 12.7. The molecule has 0 aromatic heterocycles. The van der Waals surface area contributed by atoms with Crippen molar-refractivity contribution in [1.82, 2.24) is 0 Å². The predicted octanol–water partition coefficient (Wildman–Crippen LogP) is 4.13. The lowest BCUT2D eigenvalue weighted by molar-refractivity contribution is -0.120. The van der Waals surface area contributed by atoms with Crippen molar-refractivity contribution in [3.63, 3.8) is 0 Å². The maximum Gasteiger partial charge on any atom is 0.283 e. The second kappa shape index (κ2) is 6.36. The Morgan fingerprint density at radius 3 is 2.38 bits per heavy atom. The summed E-state index contributed by atoms with van der Waals surface area (Å²) in [4.78, 5) is 25.8. The molecule has 0 bridgehead atoms. The third-order valence-corrected chi connectivity index (χ3v) is 4.25. The van der Waals surface area contributed by atoms with Crippen LogP contribution < -0.4 is 10.2 Å². The Kier molecular flexibility index (Phi) is 4.41. The van der Waals surface area contributed by atoms with Crippen LogP contribution in [0.15, 0.2) is 53.2 Å². The van der Waals surface area contributed by atoms with Gasteiger partial charge in [0.05, 0.1) is 16.4 Å². The fraction of sp³-hybridized carbons (Fsp3) is 0. The minimum Gasteiger partial charge on any atom is -0.506 e. The molecule has 0 spiro atoms. The molecule has 2 aromatic rings. The van der Waals surface area contributed by atoms with Gasteiger partial charge in [0.2, 0.25) is 0 Å². The Hall–Kier alpha value is -2.21. The first-order chi connectivity index (χ1) is 11.4. The van der Waals surface area contributed by atoms with Crippen LogP contribution in [0.25, 0.3) is 0 Å². The molecule has 0 unspecified atom stereocenters. The molecule has 0 fully saturated rings. The molecular formula is C16H9Cl3N2O3. The van der Waals surface area contributed by atoms with Crippen LogP contribution in [-0.4, -0.2) is 16.9 Å². The number of para-hydroxylation sites is 2. The molecule has 2 N–H and O–H groups in total. The molecule has 0 saturated carbocycles. The first-order valence-corrected chi connectivity index (χ1v) is 7.82. The van der Waals surface area contributed by atoms with Crippen molar-refractivity contribution < 1.29 is 14.7 Å². The molecule has 2 aromatic carbocycles. The van der Waals surface area contributed by atoms with Crippen LogP contribution in [0.2, 0.25) is 10.0 Å². The van der Waals surface area contributed by atoms with E-state index in [4.69, 9.17) is 34.8 Å². The minimum absolute atomic E-state index is 0.0889. The number of rotatable bonds is 3. The average Bonchev–Trinajstić information content (AvgIpc) is 2.76. The van der Waals surface area contributed by atoms with Gasteiger partial charge in [0.1, 0.15) is 16.5 Å². The van der Waals surface area contributed by atoms with Crippen LogP contribution in [0, 0.1) is 0 Å². The van der Waals surface area contributed by atoms with Gasteiger partial charge in [0, 0.05) is 5.02 Å². The molecule has 0 saturated heterocycles. The predicted molar refractivity (Wildman–Crippen MR) is 93.6 cm³/mol. The summed E-state index contributed by atoms with van der Waals surface area (Å²) < 4.78 is 0. The Balaban J connectivity index is 1.99. The Bertz CT molecular complexity index is 896. The smallest absolute Gasteiger partial charge is 0.283 e. The second-order valence-corrected chi connectivity index (χ2v) is 6.09. The summed E-state index contributed by atoms with van der Waals surface area (Å²) in [6.07, 6.45) is 0. The van der Waals surface area contributed by atoms with Gasteiger partial charge in [-0.3, -0.25) is 9.59 Å². The van der Waals surface area contributed by atoms with Gasteiger partial charge < -0.3 is 10.4 Å². The van der Waals surface area contributed by atoms with E-state index in [0.29, 0.717) is 5.02 Å². The fourth-order valence-corrected chi connectivity index (χ4v) is 2.78. The normalized spacial score (nSPS) is 14.5. The van der Waals surface area contributed by atoms with Gasteiger partial charge in [0.15, 0.2) is 0 Å². The lowest BCUT2D eigenvalue weighted by Gasteiger charge is -2.17. The topological polar surface area (TPSA) is 69.6 Å². The van der Waals surface area contributed by atoms with Crippen LogP contribution in [0.5, 0.6) is 5.75 Å². The number of imide groups is 1. The van der Waals surface area contributed by atoms with Gasteiger partial charge in [-0.25, -0.2) is 4.90 Å². The molecule has 3 rings (SSSR count). The maximum atomic E-state index is 12.6. The summed E-state index contributed by atoms with van der Waals surface area (Å²) in [6, 6.07) is 10.7. The quantitative estimate of drug-likeness (QED) is 0.617. The van der Waals surface area contributed by atoms with Crippen molar-refractivity contribution in [2.24, 2.45) is 0 Å². The Morgan fingerprint density at radius 1 is 0.958 bits per heavy atom. The standard InChI is InChI=1S/C16H9Cl3N2O3/c17-8-5-6-9(18)11(7-8)21-15(23)13(19)14(16(21)24)20-10-3-1-2-4-12(10)22/h1-7,20,22H. The van der Waals surface area contributed by atoms with Crippen LogP contribution >= 0.6 is 34.8 Å². The van der Waals surface area contributed by atoms with Gasteiger partial charge in [-0.2, -0.15) is 0 Å². The van der Waals surface area contributed by atoms with Crippen LogP contribution in [-0.2, 0) is 9.59 Å². The van der Waals surface area contributed by atoms with Gasteiger partial charge >= 0.3 is 0 Å². The number of hydrogen-bond donors (Lipinski definition) is 2. The van der Waals surface area contributed by atoms with Crippen molar-refractivity contribution in [1.29, 1.82) is 0 Å². The SMILES string of the molecule is O=C1C(Cl)=C(Nc2ccccc2O)C(=O)N1c1cc(Cl)ccc1Cl. The molecule has 1 heterocycles. The first-order valence-electron chi connectivity index (χ1n) is 6.69. The average molecular weight is 384 g/mol. The van der Waals surface area contributed by atoms with Crippen LogP contribution in [0.4, 0.5) is 11.4 Å². The summed E-state index contributed by atoms with van der Waals surface area (Å²) in [6.45, 7) is 0. The van der Waals surface area contributed by atoms with E-state index >= 15 is 0 Å². The minimum atomic E-state index is -0.733. The van der Waals surface area contributed by atoms with E-state index in [2.05, 4.69) is 5.32 Å². The first kappa shape index (κ1) is 16.6. The molecule has 1 aliphatic heterocycles. The largest absolute Gasteiger partial charge is 0.506 e. The highest BCUT2D eigenvalue weighted by Crippen LogP contribution is 2.36. The van der Waals surface area contributed by atoms with Crippen molar-refractivity contribution in [3.8, 4) is 5.75 Å². The number of carbonyl (C=O) groups excluding carboxylic acids is 2. The number of aromatic hydroxyl groups is 1. The maximum absolute atomic E-state index is 12.6. The zero-order valence-corrected chi connectivity index (χ0v) is 14.2. The molecule has 0 radical (unpaired) electrons. The zero-order chi connectivity index (χ0) is 17.4. The van der Waals surface area contributed by atoms with E-state index < -0.39 is 11.8 Å². The molecule has 0 atom stereocenters. The number of hydrogen-bond acceptors (Lipinski definition) is 4. The number of nitrogens with zero attached hydrogens (tertiary/aromatic N) is 1. The highest BCUT2D eigenvalue weighted by Gasteiger charge is 2.40. The fourth-order valence-electron chi connectivity index (χ4n) is 2.20. The van der Waals surface area contributed by atoms with Crippen molar-refractivity contribution in [2.75, 3.05) is 10.2 Å². The van der Waals surface area contributed by atoms with Gasteiger partial charge in [0.25, 0.3) is 11.8 Å². The van der Waals surface area contributed by atoms with Crippen LogP contribution in [0.1, 0.15) is 0 Å². The van der Waals surface area contributed by atoms with E-state index in [-0.39, 0.29) is 32.9 Å². The number of nitrogens with one attached hydrogen (secondary N) is 1. The summed E-state index contributed by atoms with van der Waals surface area (Å²) in [5.41, 5.74) is 0.219. The van der Waals surface area contributed by atoms with E-state index in [9.17, 15) is 14.7 Å². The molecule has 1 aliphatic rings. The number of halogens is 3. The molecule has 5 nitrogen and oxygen atoms in total. The van der Waals surface area contributed by atoms with Crippen molar-refractivity contribution in [3.05, 3.63) is 63.2 Å². The third-order valence-electron chi connectivity index (χ3n) is 3.34. The summed E-state index contributed by atoms with van der Waals surface area (Å²) in [7, 11) is 0. The summed E-state index contributed by atoms with van der Waals surface area (Å²) >= 11 is 18.0. The number of carbonyl (C=O) groups is 2. The molecule has 8 heteroatoms. The number of amides is 2. The number of anilines is 2. The number of benzene rings is 2. The van der Waals surface area contributed by atoms with E-state index in [1.165, 1.54) is 24.3 Å². The highest BCUT2D eigenvalue weighted by molar-refractivity contribution is 6.54. The number of phenols is 1. The lowest BCUT2D eigenvalue weighted by atomic mass is 10.2. The van der Waals surface area contributed by atoms with Crippen molar-refractivity contribution >= 4 is 58.0 Å². The van der Waals surface area contributed by atoms with E-state index in [1.807, 2.05) is 0 Å². The van der Waals surface area contributed by atoms with Crippen molar-refractivity contribution in [2.45, 2.75) is 0 Å². The van der Waals surface area contributed by atoms with Gasteiger partial charge in [-0.05, 0) is 30.3 Å².